The third-order valence-electron chi connectivity index (χ3n) is 3.21. The van der Waals surface area contributed by atoms with Crippen LogP contribution in [0.1, 0.15) is 31.2 Å². The van der Waals surface area contributed by atoms with Gasteiger partial charge in [-0.2, -0.15) is 5.26 Å². The molecule has 3 N–H and O–H groups in total. The molecule has 0 aliphatic heterocycles. The van der Waals surface area contributed by atoms with Crippen LogP contribution in [0.15, 0.2) is 23.1 Å². The summed E-state index contributed by atoms with van der Waals surface area (Å²) in [7, 11) is -3.58. The number of benzene rings is 1. The van der Waals surface area contributed by atoms with Gasteiger partial charge in [0.25, 0.3) is 0 Å². The summed E-state index contributed by atoms with van der Waals surface area (Å²) in [4.78, 5) is 0.0397. The first kappa shape index (κ1) is 13.8. The zero-order chi connectivity index (χ0) is 13.9. The molecule has 0 spiro atoms. The summed E-state index contributed by atoms with van der Waals surface area (Å²) in [5, 5.41) is 8.72. The molecule has 1 aromatic rings. The van der Waals surface area contributed by atoms with E-state index in [0.29, 0.717) is 12.1 Å². The van der Waals surface area contributed by atoms with Crippen LogP contribution in [0.5, 0.6) is 0 Å². The SMILES string of the molecule is N#Cc1ccc(S(=O)(=O)NCCCC2CC2)c(N)c1. The maximum Gasteiger partial charge on any atom is 0.242 e. The second kappa shape index (κ2) is 5.59. The lowest BCUT2D eigenvalue weighted by molar-refractivity contribution is 0.573. The van der Waals surface area contributed by atoms with Crippen molar-refractivity contribution in [1.29, 1.82) is 5.26 Å². The summed E-state index contributed by atoms with van der Waals surface area (Å²) in [6.07, 6.45) is 4.47. The van der Waals surface area contributed by atoms with E-state index in [4.69, 9.17) is 11.0 Å². The number of nitrogens with two attached hydrogens (primary N) is 1. The van der Waals surface area contributed by atoms with Gasteiger partial charge in [0.2, 0.25) is 10.0 Å². The van der Waals surface area contributed by atoms with Gasteiger partial charge in [0.05, 0.1) is 17.3 Å². The van der Waals surface area contributed by atoms with Gasteiger partial charge in [0.1, 0.15) is 4.90 Å². The number of nitrogen functional groups attached to an aromatic ring is 1. The predicted octanol–water partition coefficient (Wildman–Crippen LogP) is 1.61. The van der Waals surface area contributed by atoms with Crippen LogP contribution >= 0.6 is 0 Å². The van der Waals surface area contributed by atoms with Gasteiger partial charge in [-0.15, -0.1) is 0 Å². The largest absolute Gasteiger partial charge is 0.398 e. The molecule has 0 amide bonds. The van der Waals surface area contributed by atoms with Crippen LogP contribution < -0.4 is 10.5 Å². The molecule has 1 aliphatic carbocycles. The normalized spacial score (nSPS) is 15.1. The van der Waals surface area contributed by atoms with E-state index in [9.17, 15) is 8.42 Å². The van der Waals surface area contributed by atoms with Crippen molar-refractivity contribution in [3.05, 3.63) is 23.8 Å². The maximum absolute atomic E-state index is 12.0. The average Bonchev–Trinajstić information content (AvgIpc) is 3.18. The fraction of sp³-hybridized carbons (Fsp3) is 0.462. The summed E-state index contributed by atoms with van der Waals surface area (Å²) in [5.41, 5.74) is 6.13. The van der Waals surface area contributed by atoms with E-state index in [1.165, 1.54) is 31.0 Å². The minimum absolute atomic E-state index is 0.0397. The van der Waals surface area contributed by atoms with Crippen molar-refractivity contribution in [2.75, 3.05) is 12.3 Å². The fourth-order valence-corrected chi connectivity index (χ4v) is 3.13. The van der Waals surface area contributed by atoms with E-state index in [0.717, 1.165) is 18.8 Å². The molecule has 1 fully saturated rings. The van der Waals surface area contributed by atoms with Crippen molar-refractivity contribution in [3.8, 4) is 6.07 Å². The van der Waals surface area contributed by atoms with Crippen molar-refractivity contribution in [3.63, 3.8) is 0 Å². The number of sulfonamides is 1. The second-order valence-electron chi connectivity index (χ2n) is 4.85. The monoisotopic (exact) mass is 279 g/mol. The molecule has 0 atom stereocenters. The van der Waals surface area contributed by atoms with E-state index < -0.39 is 10.0 Å². The van der Waals surface area contributed by atoms with Gasteiger partial charge >= 0.3 is 0 Å². The standard InChI is InChI=1S/C13H17N3O2S/c14-9-11-5-6-13(12(15)8-11)19(17,18)16-7-1-2-10-3-4-10/h5-6,8,10,16H,1-4,7,15H2. The lowest BCUT2D eigenvalue weighted by atomic mass is 10.2. The molecular formula is C13H17N3O2S. The molecule has 0 heterocycles. The molecule has 6 heteroatoms. The van der Waals surface area contributed by atoms with E-state index >= 15 is 0 Å². The highest BCUT2D eigenvalue weighted by Crippen LogP contribution is 2.33. The van der Waals surface area contributed by atoms with Gasteiger partial charge in [-0.25, -0.2) is 13.1 Å². The molecule has 1 aromatic carbocycles. The quantitative estimate of drug-likeness (QED) is 0.610. The molecule has 19 heavy (non-hydrogen) atoms. The Morgan fingerprint density at radius 1 is 1.42 bits per heavy atom. The maximum atomic E-state index is 12.0. The molecule has 5 nitrogen and oxygen atoms in total. The molecule has 1 saturated carbocycles. The van der Waals surface area contributed by atoms with Crippen LogP contribution in [0, 0.1) is 17.2 Å². The Hall–Kier alpha value is -1.58. The Morgan fingerprint density at radius 2 is 2.16 bits per heavy atom. The first-order chi connectivity index (χ1) is 9.03. The third-order valence-corrected chi connectivity index (χ3v) is 4.74. The summed E-state index contributed by atoms with van der Waals surface area (Å²) < 4.78 is 26.6. The van der Waals surface area contributed by atoms with E-state index in [-0.39, 0.29) is 10.6 Å². The molecule has 0 aromatic heterocycles. The lowest BCUT2D eigenvalue weighted by Gasteiger charge is -2.09. The van der Waals surface area contributed by atoms with E-state index in [1.54, 1.807) is 0 Å². The van der Waals surface area contributed by atoms with Crippen molar-refractivity contribution in [2.24, 2.45) is 5.92 Å². The third kappa shape index (κ3) is 3.69. The molecular weight excluding hydrogens is 262 g/mol. The smallest absolute Gasteiger partial charge is 0.242 e. The highest BCUT2D eigenvalue weighted by Gasteiger charge is 2.21. The average molecular weight is 279 g/mol. The Bertz CT molecular complexity index is 601. The molecule has 0 unspecified atom stereocenters. The van der Waals surface area contributed by atoms with Crippen LogP contribution in [-0.2, 0) is 10.0 Å². The minimum atomic E-state index is -3.58. The van der Waals surface area contributed by atoms with Crippen LogP contribution in [-0.4, -0.2) is 15.0 Å². The molecule has 1 aliphatic rings. The molecule has 0 bridgehead atoms. The topological polar surface area (TPSA) is 96.0 Å². The Kier molecular flexibility index (Phi) is 4.08. The molecule has 0 saturated heterocycles. The summed E-state index contributed by atoms with van der Waals surface area (Å²) in [5.74, 6) is 0.796. The number of hydrogen-bond donors (Lipinski definition) is 2. The number of hydrogen-bond acceptors (Lipinski definition) is 4. The molecule has 0 radical (unpaired) electrons. The number of rotatable bonds is 6. The van der Waals surface area contributed by atoms with Gasteiger partial charge < -0.3 is 5.73 Å². The Labute approximate surface area is 113 Å². The highest BCUT2D eigenvalue weighted by atomic mass is 32.2. The summed E-state index contributed by atoms with van der Waals surface area (Å²) in [6.45, 7) is 0.429. The number of nitrogens with zero attached hydrogens (tertiary/aromatic N) is 1. The first-order valence-corrected chi connectivity index (χ1v) is 7.80. The second-order valence-corrected chi connectivity index (χ2v) is 6.58. The summed E-state index contributed by atoms with van der Waals surface area (Å²) in [6, 6.07) is 6.12. The predicted molar refractivity (Wildman–Crippen MR) is 72.7 cm³/mol. The van der Waals surface area contributed by atoms with Crippen molar-refractivity contribution in [2.45, 2.75) is 30.6 Å². The van der Waals surface area contributed by atoms with Crippen molar-refractivity contribution in [1.82, 2.24) is 4.72 Å². The first-order valence-electron chi connectivity index (χ1n) is 6.32. The van der Waals surface area contributed by atoms with Gasteiger partial charge in [0.15, 0.2) is 0 Å². The molecule has 2 rings (SSSR count). The number of nitriles is 1. The minimum Gasteiger partial charge on any atom is -0.398 e. The number of anilines is 1. The summed E-state index contributed by atoms with van der Waals surface area (Å²) >= 11 is 0. The van der Waals surface area contributed by atoms with E-state index in [2.05, 4.69) is 4.72 Å². The van der Waals surface area contributed by atoms with Gasteiger partial charge in [-0.1, -0.05) is 12.8 Å². The van der Waals surface area contributed by atoms with Crippen LogP contribution in [0.3, 0.4) is 0 Å². The number of nitrogens with one attached hydrogen (secondary N) is 1. The zero-order valence-electron chi connectivity index (χ0n) is 10.6. The lowest BCUT2D eigenvalue weighted by Crippen LogP contribution is -2.25. The fourth-order valence-electron chi connectivity index (χ4n) is 1.94. The Balaban J connectivity index is 1.99. The van der Waals surface area contributed by atoms with Crippen LogP contribution in [0.2, 0.25) is 0 Å². The zero-order valence-corrected chi connectivity index (χ0v) is 11.4. The van der Waals surface area contributed by atoms with Gasteiger partial charge in [-0.05, 0) is 37.0 Å². The van der Waals surface area contributed by atoms with Gasteiger partial charge in [-0.3, -0.25) is 0 Å². The van der Waals surface area contributed by atoms with E-state index in [1.807, 2.05) is 6.07 Å². The van der Waals surface area contributed by atoms with Crippen molar-refractivity contribution < 1.29 is 8.42 Å². The van der Waals surface area contributed by atoms with Crippen molar-refractivity contribution >= 4 is 15.7 Å². The Morgan fingerprint density at radius 3 is 2.74 bits per heavy atom. The molecule has 102 valence electrons. The van der Waals surface area contributed by atoms with Crippen LogP contribution in [0.25, 0.3) is 0 Å². The van der Waals surface area contributed by atoms with Gasteiger partial charge in [0, 0.05) is 6.54 Å². The van der Waals surface area contributed by atoms with Crippen LogP contribution in [0.4, 0.5) is 5.69 Å². The highest BCUT2D eigenvalue weighted by molar-refractivity contribution is 7.89.